The summed E-state index contributed by atoms with van der Waals surface area (Å²) in [5, 5.41) is 23.2. The molecular weight excluding hydrogens is 270 g/mol. The summed E-state index contributed by atoms with van der Waals surface area (Å²) in [5.74, 6) is -0.984. The average molecular weight is 289 g/mol. The molecule has 1 aromatic rings. The van der Waals surface area contributed by atoms with Gasteiger partial charge in [0.05, 0.1) is 17.7 Å². The Balaban J connectivity index is 2.80. The molecule has 1 rings (SSSR count). The number of carbonyl (C=O) groups is 2. The summed E-state index contributed by atoms with van der Waals surface area (Å²) in [6.45, 7) is 5.45. The number of amides is 2. The van der Waals surface area contributed by atoms with E-state index < -0.39 is 18.0 Å². The van der Waals surface area contributed by atoms with Crippen LogP contribution in [0.25, 0.3) is 0 Å². The zero-order valence-electron chi connectivity index (χ0n) is 12.3. The van der Waals surface area contributed by atoms with Gasteiger partial charge in [-0.2, -0.15) is 5.26 Å². The Morgan fingerprint density at radius 2 is 2.05 bits per heavy atom. The van der Waals surface area contributed by atoms with Crippen LogP contribution in [0.4, 0.5) is 10.5 Å². The highest BCUT2D eigenvalue weighted by atomic mass is 16.4. The van der Waals surface area contributed by atoms with Gasteiger partial charge in [0.25, 0.3) is 0 Å². The Kier molecular flexibility index (Phi) is 5.73. The van der Waals surface area contributed by atoms with E-state index in [4.69, 9.17) is 10.4 Å². The first-order chi connectivity index (χ1) is 9.85. The molecule has 1 atom stereocenters. The molecule has 0 saturated carbocycles. The molecule has 1 aromatic carbocycles. The number of nitrogens with one attached hydrogen (secondary N) is 2. The summed E-state index contributed by atoms with van der Waals surface area (Å²) in [7, 11) is 0. The fourth-order valence-electron chi connectivity index (χ4n) is 1.89. The molecule has 0 saturated heterocycles. The lowest BCUT2D eigenvalue weighted by Crippen LogP contribution is -2.42. The molecule has 0 fully saturated rings. The zero-order valence-corrected chi connectivity index (χ0v) is 12.3. The van der Waals surface area contributed by atoms with E-state index in [0.29, 0.717) is 11.3 Å². The Labute approximate surface area is 123 Å². The third-order valence-corrected chi connectivity index (χ3v) is 3.15. The monoisotopic (exact) mass is 289 g/mol. The predicted octanol–water partition coefficient (Wildman–Crippen LogP) is 2.49. The normalized spacial score (nSPS) is 11.6. The minimum Gasteiger partial charge on any atom is -0.481 e. The maximum absolute atomic E-state index is 12.0. The molecule has 112 valence electrons. The second kappa shape index (κ2) is 7.29. The van der Waals surface area contributed by atoms with E-state index in [2.05, 4.69) is 10.6 Å². The molecule has 1 unspecified atom stereocenters. The molecule has 2 amide bonds. The van der Waals surface area contributed by atoms with Crippen LogP contribution >= 0.6 is 0 Å². The predicted molar refractivity (Wildman–Crippen MR) is 78.9 cm³/mol. The van der Waals surface area contributed by atoms with E-state index in [1.807, 2.05) is 19.9 Å². The molecule has 0 bridgehead atoms. The van der Waals surface area contributed by atoms with Gasteiger partial charge in [0.2, 0.25) is 0 Å². The second-order valence-electron chi connectivity index (χ2n) is 5.16. The van der Waals surface area contributed by atoms with Crippen molar-refractivity contribution in [2.45, 2.75) is 33.2 Å². The lowest BCUT2D eigenvalue weighted by molar-refractivity contribution is -0.137. The SMILES string of the molecule is Cc1cccc(NC(=O)NC(CC(=O)O)C(C)C)c1C#N. The van der Waals surface area contributed by atoms with Crippen LogP contribution in [0.2, 0.25) is 0 Å². The van der Waals surface area contributed by atoms with Crippen molar-refractivity contribution in [3.05, 3.63) is 29.3 Å². The van der Waals surface area contributed by atoms with Crippen LogP contribution in [-0.2, 0) is 4.79 Å². The van der Waals surface area contributed by atoms with Crippen LogP contribution in [0.5, 0.6) is 0 Å². The standard InChI is InChI=1S/C15H19N3O3/c1-9(2)13(7-14(19)20)18-15(21)17-12-6-4-5-10(3)11(12)8-16/h4-6,9,13H,7H2,1-3H3,(H,19,20)(H2,17,18,21). The number of carboxylic acids is 1. The summed E-state index contributed by atoms with van der Waals surface area (Å²) in [6.07, 6.45) is -0.149. The number of carboxylic acid groups (broad SMARTS) is 1. The minimum absolute atomic E-state index is 0.0141. The minimum atomic E-state index is -0.970. The van der Waals surface area contributed by atoms with Crippen molar-refractivity contribution >= 4 is 17.7 Å². The van der Waals surface area contributed by atoms with Crippen molar-refractivity contribution in [2.24, 2.45) is 5.92 Å². The average Bonchev–Trinajstić information content (AvgIpc) is 2.37. The number of hydrogen-bond acceptors (Lipinski definition) is 3. The highest BCUT2D eigenvalue weighted by Gasteiger charge is 2.20. The van der Waals surface area contributed by atoms with Crippen molar-refractivity contribution in [2.75, 3.05) is 5.32 Å². The lowest BCUT2D eigenvalue weighted by atomic mass is 10.0. The molecule has 0 aliphatic heterocycles. The lowest BCUT2D eigenvalue weighted by Gasteiger charge is -2.21. The molecule has 0 radical (unpaired) electrons. The number of benzene rings is 1. The number of urea groups is 1. The van der Waals surface area contributed by atoms with Gasteiger partial charge in [-0.05, 0) is 24.5 Å². The number of aryl methyl sites for hydroxylation is 1. The summed E-state index contributed by atoms with van der Waals surface area (Å²) in [4.78, 5) is 22.7. The highest BCUT2D eigenvalue weighted by molar-refractivity contribution is 5.91. The third-order valence-electron chi connectivity index (χ3n) is 3.15. The number of hydrogen-bond donors (Lipinski definition) is 3. The van der Waals surface area contributed by atoms with Crippen LogP contribution in [0.1, 0.15) is 31.4 Å². The van der Waals surface area contributed by atoms with Gasteiger partial charge in [-0.1, -0.05) is 26.0 Å². The molecule has 6 nitrogen and oxygen atoms in total. The largest absolute Gasteiger partial charge is 0.481 e. The molecule has 0 aliphatic carbocycles. The van der Waals surface area contributed by atoms with E-state index in [0.717, 1.165) is 5.56 Å². The fourth-order valence-corrected chi connectivity index (χ4v) is 1.89. The van der Waals surface area contributed by atoms with Crippen LogP contribution < -0.4 is 10.6 Å². The van der Waals surface area contributed by atoms with E-state index >= 15 is 0 Å². The molecule has 0 aromatic heterocycles. The van der Waals surface area contributed by atoms with Crippen LogP contribution in [-0.4, -0.2) is 23.1 Å². The molecule has 6 heteroatoms. The van der Waals surface area contributed by atoms with Gasteiger partial charge >= 0.3 is 12.0 Å². The van der Waals surface area contributed by atoms with E-state index in [-0.39, 0.29) is 12.3 Å². The zero-order chi connectivity index (χ0) is 16.0. The van der Waals surface area contributed by atoms with Gasteiger partial charge in [0.15, 0.2) is 0 Å². The number of carbonyl (C=O) groups excluding carboxylic acids is 1. The molecule has 0 aliphatic rings. The number of anilines is 1. The number of aliphatic carboxylic acids is 1. The van der Waals surface area contributed by atoms with Gasteiger partial charge in [0.1, 0.15) is 6.07 Å². The maximum Gasteiger partial charge on any atom is 0.319 e. The maximum atomic E-state index is 12.0. The Morgan fingerprint density at radius 3 is 2.57 bits per heavy atom. The van der Waals surface area contributed by atoms with Gasteiger partial charge in [-0.3, -0.25) is 4.79 Å². The number of nitrogens with zero attached hydrogens (tertiary/aromatic N) is 1. The van der Waals surface area contributed by atoms with Gasteiger partial charge in [-0.15, -0.1) is 0 Å². The van der Waals surface area contributed by atoms with Crippen LogP contribution in [0.3, 0.4) is 0 Å². The number of nitriles is 1. The Morgan fingerprint density at radius 1 is 1.38 bits per heavy atom. The first-order valence-electron chi connectivity index (χ1n) is 6.64. The van der Waals surface area contributed by atoms with Crippen molar-refractivity contribution in [3.63, 3.8) is 0 Å². The van der Waals surface area contributed by atoms with Gasteiger partial charge < -0.3 is 15.7 Å². The smallest absolute Gasteiger partial charge is 0.319 e. The quantitative estimate of drug-likeness (QED) is 0.774. The van der Waals surface area contributed by atoms with E-state index in [1.165, 1.54) is 0 Å². The fraction of sp³-hybridized carbons (Fsp3) is 0.400. The van der Waals surface area contributed by atoms with Crippen LogP contribution in [0, 0.1) is 24.2 Å². The molecule has 21 heavy (non-hydrogen) atoms. The molecular formula is C15H19N3O3. The van der Waals surface area contributed by atoms with Crippen molar-refractivity contribution in [3.8, 4) is 6.07 Å². The molecule has 0 spiro atoms. The van der Waals surface area contributed by atoms with E-state index in [1.54, 1.807) is 25.1 Å². The van der Waals surface area contributed by atoms with Crippen molar-refractivity contribution in [1.29, 1.82) is 5.26 Å². The van der Waals surface area contributed by atoms with Crippen molar-refractivity contribution in [1.82, 2.24) is 5.32 Å². The van der Waals surface area contributed by atoms with Gasteiger partial charge in [-0.25, -0.2) is 4.79 Å². The van der Waals surface area contributed by atoms with E-state index in [9.17, 15) is 9.59 Å². The summed E-state index contributed by atoms with van der Waals surface area (Å²) in [5.41, 5.74) is 1.57. The first-order valence-corrected chi connectivity index (χ1v) is 6.64. The Bertz CT molecular complexity index is 576. The second-order valence-corrected chi connectivity index (χ2v) is 5.16. The Hall–Kier alpha value is -2.55. The molecule has 0 heterocycles. The van der Waals surface area contributed by atoms with Crippen molar-refractivity contribution < 1.29 is 14.7 Å². The topological polar surface area (TPSA) is 102 Å². The molecule has 3 N–H and O–H groups in total. The summed E-state index contributed by atoms with van der Waals surface area (Å²) in [6, 6.07) is 6.20. The van der Waals surface area contributed by atoms with Gasteiger partial charge in [0, 0.05) is 6.04 Å². The number of rotatable bonds is 5. The highest BCUT2D eigenvalue weighted by Crippen LogP contribution is 2.18. The summed E-state index contributed by atoms with van der Waals surface area (Å²) >= 11 is 0. The first kappa shape index (κ1) is 16.5. The summed E-state index contributed by atoms with van der Waals surface area (Å²) < 4.78 is 0. The third kappa shape index (κ3) is 4.80. The van der Waals surface area contributed by atoms with Crippen LogP contribution in [0.15, 0.2) is 18.2 Å².